The van der Waals surface area contributed by atoms with Crippen LogP contribution in [0, 0.1) is 15.4 Å². The van der Waals surface area contributed by atoms with E-state index in [9.17, 15) is 14.4 Å². The zero-order chi connectivity index (χ0) is 32.7. The summed E-state index contributed by atoms with van der Waals surface area (Å²) >= 11 is 2.16. The molecule has 1 unspecified atom stereocenters. The van der Waals surface area contributed by atoms with Crippen LogP contribution < -0.4 is 4.90 Å². The molecule has 248 valence electrons. The van der Waals surface area contributed by atoms with Crippen LogP contribution in [0.15, 0.2) is 60.4 Å². The Kier molecular flexibility index (Phi) is 11.8. The maximum Gasteiger partial charge on any atom is 0.339 e. The molecule has 2 aromatic rings. The van der Waals surface area contributed by atoms with Crippen LogP contribution in [0.5, 0.6) is 0 Å². The molecule has 0 aromatic heterocycles. The van der Waals surface area contributed by atoms with Crippen molar-refractivity contribution in [1.29, 1.82) is 0 Å². The van der Waals surface area contributed by atoms with Gasteiger partial charge in [-0.2, -0.15) is 0 Å². The van der Waals surface area contributed by atoms with Crippen LogP contribution in [0.2, 0.25) is 0 Å². The summed E-state index contributed by atoms with van der Waals surface area (Å²) in [5.41, 5.74) is 2.76. The lowest BCUT2D eigenvalue weighted by molar-refractivity contribution is -0.137. The lowest BCUT2D eigenvalue weighted by Gasteiger charge is -2.45. The van der Waals surface area contributed by atoms with Crippen molar-refractivity contribution in [3.05, 3.63) is 75.1 Å². The van der Waals surface area contributed by atoms with Crippen molar-refractivity contribution in [3.63, 3.8) is 0 Å². The number of methoxy groups -OCH3 is 2. The Hall–Kier alpha value is -2.92. The van der Waals surface area contributed by atoms with Crippen molar-refractivity contribution in [2.24, 2.45) is 11.8 Å². The molecule has 0 aliphatic carbocycles. The largest absolute Gasteiger partial charge is 0.504 e. The third-order valence-corrected chi connectivity index (χ3v) is 11.3. The minimum Gasteiger partial charge on any atom is -0.504 e. The number of carbonyl (C=O) groups excluding carboxylic acids is 3. The molecule has 2 aromatic carbocycles. The van der Waals surface area contributed by atoms with Crippen molar-refractivity contribution in [3.8, 4) is 0 Å². The number of ether oxygens (including phenoxy) is 3. The van der Waals surface area contributed by atoms with E-state index in [4.69, 9.17) is 14.2 Å². The molecule has 46 heavy (non-hydrogen) atoms. The standard InChI is InChI=1S/C37H47IN2O6/c1-4-26-24-39-21-19-37(33(39)23-28(26)29(25-44-2)34(41)45-3)30-16-10-12-18-32(30)40(36(37)43)20-13-7-5-6-8-14-22-46-35(42)27-15-9-11-17-31(27)38/h9-12,15-18,25-26,28,33H,4-8,13-14,19-24H2,1-3H3/b29-25+/t26-,28-,33?,37+/m0/s1. The maximum atomic E-state index is 14.5. The van der Waals surface area contributed by atoms with Gasteiger partial charge in [-0.05, 0) is 90.4 Å². The fraction of sp³-hybridized carbons (Fsp3) is 0.541. The molecule has 1 spiro atoms. The first-order valence-corrected chi connectivity index (χ1v) is 17.8. The molecule has 1 amide bonds. The highest BCUT2D eigenvalue weighted by molar-refractivity contribution is 14.1. The Morgan fingerprint density at radius 1 is 1.00 bits per heavy atom. The number of para-hydroxylation sites is 1. The lowest BCUT2D eigenvalue weighted by atomic mass is 9.67. The molecule has 0 bridgehead atoms. The number of piperidine rings is 1. The molecule has 8 nitrogen and oxygen atoms in total. The molecular formula is C37H47IN2O6. The molecule has 4 atom stereocenters. The monoisotopic (exact) mass is 742 g/mol. The second kappa shape index (κ2) is 15.8. The number of carbonyl (C=O) groups is 3. The van der Waals surface area contributed by atoms with E-state index in [1.54, 1.807) is 19.4 Å². The summed E-state index contributed by atoms with van der Waals surface area (Å²) in [6, 6.07) is 15.8. The number of hydrogen-bond donors (Lipinski definition) is 0. The summed E-state index contributed by atoms with van der Waals surface area (Å²) in [6.07, 6.45) is 10.00. The Balaban J connectivity index is 1.17. The van der Waals surface area contributed by atoms with Crippen LogP contribution in [0.4, 0.5) is 5.69 Å². The number of halogens is 1. The highest BCUT2D eigenvalue weighted by atomic mass is 127. The fourth-order valence-electron chi connectivity index (χ4n) is 8.00. The van der Waals surface area contributed by atoms with E-state index in [0.717, 1.165) is 85.7 Å². The first kappa shape index (κ1) is 34.4. The second-order valence-corrected chi connectivity index (χ2v) is 13.9. The fourth-order valence-corrected chi connectivity index (χ4v) is 8.60. The van der Waals surface area contributed by atoms with Crippen LogP contribution >= 0.6 is 22.6 Å². The average molecular weight is 743 g/mol. The summed E-state index contributed by atoms with van der Waals surface area (Å²) in [6.45, 7) is 5.04. The molecule has 9 heteroatoms. The molecule has 3 aliphatic heterocycles. The zero-order valence-electron chi connectivity index (χ0n) is 27.3. The van der Waals surface area contributed by atoms with E-state index >= 15 is 0 Å². The van der Waals surface area contributed by atoms with Crippen LogP contribution in [0.1, 0.15) is 80.6 Å². The smallest absolute Gasteiger partial charge is 0.339 e. The number of benzene rings is 2. The van der Waals surface area contributed by atoms with Crippen LogP contribution in [0.3, 0.4) is 0 Å². The Morgan fingerprint density at radius 3 is 2.46 bits per heavy atom. The third-order valence-electron chi connectivity index (χ3n) is 10.3. The quantitative estimate of drug-likeness (QED) is 0.0685. The summed E-state index contributed by atoms with van der Waals surface area (Å²) in [5.74, 6) is -0.149. The van der Waals surface area contributed by atoms with Crippen molar-refractivity contribution >= 4 is 46.1 Å². The van der Waals surface area contributed by atoms with Gasteiger partial charge in [0.05, 0.1) is 43.6 Å². The predicted molar refractivity (Wildman–Crippen MR) is 187 cm³/mol. The highest BCUT2D eigenvalue weighted by Gasteiger charge is 2.62. The molecule has 3 aliphatic rings. The normalized spacial score (nSPS) is 24.2. The van der Waals surface area contributed by atoms with Gasteiger partial charge in [0.15, 0.2) is 0 Å². The molecular weight excluding hydrogens is 695 g/mol. The Bertz CT molecular complexity index is 1430. The maximum absolute atomic E-state index is 14.5. The number of amides is 1. The Labute approximate surface area is 287 Å². The highest BCUT2D eigenvalue weighted by Crippen LogP contribution is 2.55. The van der Waals surface area contributed by atoms with Crippen molar-refractivity contribution in [2.75, 3.05) is 45.4 Å². The zero-order valence-corrected chi connectivity index (χ0v) is 29.5. The molecule has 0 N–H and O–H groups in total. The van der Waals surface area contributed by atoms with Gasteiger partial charge >= 0.3 is 11.9 Å². The van der Waals surface area contributed by atoms with E-state index in [-0.39, 0.29) is 35.7 Å². The molecule has 2 fully saturated rings. The number of nitrogens with zero attached hydrogens (tertiary/aromatic N) is 2. The van der Waals surface area contributed by atoms with Crippen LogP contribution in [-0.4, -0.2) is 69.2 Å². The number of anilines is 1. The van der Waals surface area contributed by atoms with Crippen molar-refractivity contribution in [1.82, 2.24) is 4.90 Å². The first-order valence-electron chi connectivity index (χ1n) is 16.8. The molecule has 0 radical (unpaired) electrons. The van der Waals surface area contributed by atoms with Gasteiger partial charge in [-0.3, -0.25) is 9.69 Å². The SMILES string of the molecule is CC[C@H]1CN2CC[C@]3(C(=O)N(CCCCCCCCOC(=O)c4ccccc4I)c4ccccc43)C2C[C@@H]1/C(=C\OC)C(=O)OC. The minimum atomic E-state index is -0.600. The number of unbranched alkanes of at least 4 members (excludes halogenated alkanes) is 5. The van der Waals surface area contributed by atoms with E-state index in [1.165, 1.54) is 7.11 Å². The van der Waals surface area contributed by atoms with Gasteiger partial charge < -0.3 is 19.1 Å². The van der Waals surface area contributed by atoms with Gasteiger partial charge in [-0.1, -0.05) is 69.4 Å². The van der Waals surface area contributed by atoms with E-state index in [0.29, 0.717) is 24.3 Å². The summed E-state index contributed by atoms with van der Waals surface area (Å²) in [5, 5.41) is 0. The molecule has 0 saturated carbocycles. The van der Waals surface area contributed by atoms with Gasteiger partial charge in [0, 0.05) is 28.4 Å². The Morgan fingerprint density at radius 2 is 1.72 bits per heavy atom. The first-order chi connectivity index (χ1) is 22.4. The van der Waals surface area contributed by atoms with Crippen molar-refractivity contribution in [2.45, 2.75) is 76.2 Å². The van der Waals surface area contributed by atoms with Gasteiger partial charge in [0.1, 0.15) is 0 Å². The number of fused-ring (bicyclic) bond motifs is 4. The number of rotatable bonds is 14. The topological polar surface area (TPSA) is 85.4 Å². The van der Waals surface area contributed by atoms with Gasteiger partial charge in [0.2, 0.25) is 5.91 Å². The summed E-state index contributed by atoms with van der Waals surface area (Å²) in [7, 11) is 2.98. The second-order valence-electron chi connectivity index (χ2n) is 12.8. The number of hydrogen-bond acceptors (Lipinski definition) is 7. The van der Waals surface area contributed by atoms with Gasteiger partial charge in [-0.25, -0.2) is 9.59 Å². The van der Waals surface area contributed by atoms with Crippen LogP contribution in [0.25, 0.3) is 0 Å². The van der Waals surface area contributed by atoms with E-state index in [2.05, 4.69) is 52.6 Å². The minimum absolute atomic E-state index is 0.0170. The lowest BCUT2D eigenvalue weighted by Crippen LogP contribution is -2.55. The van der Waals surface area contributed by atoms with Gasteiger partial charge in [0.25, 0.3) is 0 Å². The molecule has 2 saturated heterocycles. The van der Waals surface area contributed by atoms with E-state index < -0.39 is 5.41 Å². The van der Waals surface area contributed by atoms with E-state index in [1.807, 2.05) is 29.2 Å². The summed E-state index contributed by atoms with van der Waals surface area (Å²) < 4.78 is 16.9. The predicted octanol–water partition coefficient (Wildman–Crippen LogP) is 6.90. The van der Waals surface area contributed by atoms with Gasteiger partial charge in [-0.15, -0.1) is 0 Å². The van der Waals surface area contributed by atoms with Crippen molar-refractivity contribution < 1.29 is 28.6 Å². The molecule has 3 heterocycles. The third kappa shape index (κ3) is 6.86. The average Bonchev–Trinajstić information content (AvgIpc) is 3.56. The van der Waals surface area contributed by atoms with Crippen LogP contribution in [-0.2, 0) is 29.2 Å². The molecule has 5 rings (SSSR count). The number of esters is 2. The summed E-state index contributed by atoms with van der Waals surface area (Å²) in [4.78, 5) is 44.2.